The first-order chi connectivity index (χ1) is 11.7. The van der Waals surface area contributed by atoms with E-state index < -0.39 is 6.10 Å². The number of hydrogen-bond donors (Lipinski definition) is 1. The van der Waals surface area contributed by atoms with Gasteiger partial charge in [0, 0.05) is 25.2 Å². The van der Waals surface area contributed by atoms with Crippen molar-refractivity contribution >= 4 is 5.91 Å². The molecule has 1 aliphatic rings. The fourth-order valence-electron chi connectivity index (χ4n) is 3.30. The van der Waals surface area contributed by atoms with Crippen molar-refractivity contribution in [1.29, 1.82) is 0 Å². The van der Waals surface area contributed by atoms with Crippen molar-refractivity contribution in [3.05, 3.63) is 60.4 Å². The number of ether oxygens (including phenoxy) is 1. The van der Waals surface area contributed by atoms with Crippen LogP contribution in [0.5, 0.6) is 5.75 Å². The number of rotatable bonds is 5. The minimum absolute atomic E-state index is 0.00395. The van der Waals surface area contributed by atoms with Crippen LogP contribution in [-0.4, -0.2) is 41.5 Å². The Kier molecular flexibility index (Phi) is 5.11. The lowest BCUT2D eigenvalue weighted by Crippen LogP contribution is -2.39. The molecule has 1 unspecified atom stereocenters. The van der Waals surface area contributed by atoms with Gasteiger partial charge in [-0.05, 0) is 37.1 Å². The quantitative estimate of drug-likeness (QED) is 0.913. The van der Waals surface area contributed by atoms with Gasteiger partial charge in [-0.3, -0.25) is 9.78 Å². The summed E-state index contributed by atoms with van der Waals surface area (Å²) in [5, 5.41) is 0. The highest BCUT2D eigenvalue weighted by Gasteiger charge is 2.37. The molecule has 5 heteroatoms. The van der Waals surface area contributed by atoms with E-state index in [2.05, 4.69) is 17.1 Å². The highest BCUT2D eigenvalue weighted by Crippen LogP contribution is 2.32. The Balaban J connectivity index is 1.67. The highest BCUT2D eigenvalue weighted by atomic mass is 16.5. The van der Waals surface area contributed by atoms with Crippen LogP contribution in [0.25, 0.3) is 0 Å². The molecule has 2 heterocycles. The molecule has 1 fully saturated rings. The smallest absolute Gasteiger partial charge is 0.263 e. The molecule has 3 rings (SSSR count). The molecular weight excluding hydrogens is 302 g/mol. The van der Waals surface area contributed by atoms with E-state index in [9.17, 15) is 4.79 Å². The van der Waals surface area contributed by atoms with Gasteiger partial charge in [-0.1, -0.05) is 30.3 Å². The van der Waals surface area contributed by atoms with Gasteiger partial charge in [0.25, 0.3) is 5.91 Å². The summed E-state index contributed by atoms with van der Waals surface area (Å²) < 4.78 is 5.71. The highest BCUT2D eigenvalue weighted by molar-refractivity contribution is 5.81. The Bertz CT molecular complexity index is 663. The maximum Gasteiger partial charge on any atom is 0.263 e. The molecule has 1 aromatic heterocycles. The third kappa shape index (κ3) is 3.57. The summed E-state index contributed by atoms with van der Waals surface area (Å²) in [5.41, 5.74) is 7.19. The zero-order valence-electron chi connectivity index (χ0n) is 13.8. The number of likely N-dealkylation sites (tertiary alicyclic amines) is 1. The molecule has 0 aliphatic carbocycles. The lowest BCUT2D eigenvalue weighted by atomic mass is 9.89. The topological polar surface area (TPSA) is 68.5 Å². The number of benzene rings is 1. The average Bonchev–Trinajstić information content (AvgIpc) is 3.07. The molecule has 1 saturated heterocycles. The Labute approximate surface area is 142 Å². The molecule has 0 radical (unpaired) electrons. The maximum atomic E-state index is 12.7. The first kappa shape index (κ1) is 16.5. The van der Waals surface area contributed by atoms with Gasteiger partial charge in [0.1, 0.15) is 5.75 Å². The van der Waals surface area contributed by atoms with E-state index >= 15 is 0 Å². The van der Waals surface area contributed by atoms with Crippen molar-refractivity contribution in [2.24, 2.45) is 11.7 Å². The number of amides is 1. The van der Waals surface area contributed by atoms with Crippen LogP contribution in [0.15, 0.2) is 54.9 Å². The van der Waals surface area contributed by atoms with E-state index in [0.29, 0.717) is 25.4 Å². The fourth-order valence-corrected chi connectivity index (χ4v) is 3.30. The Hall–Kier alpha value is -2.40. The van der Waals surface area contributed by atoms with Gasteiger partial charge in [0.15, 0.2) is 6.10 Å². The van der Waals surface area contributed by atoms with Gasteiger partial charge in [0.2, 0.25) is 0 Å². The summed E-state index contributed by atoms with van der Waals surface area (Å²) >= 11 is 0. The SMILES string of the molecule is CC(Oc1cccnc1)C(=O)N1C[C@@H](CN)[C@H](c2ccccc2)C1. The van der Waals surface area contributed by atoms with Gasteiger partial charge in [-0.15, -0.1) is 0 Å². The summed E-state index contributed by atoms with van der Waals surface area (Å²) in [6, 6.07) is 13.9. The minimum Gasteiger partial charge on any atom is -0.479 e. The number of carbonyl (C=O) groups excluding carboxylic acids is 1. The fraction of sp³-hybridized carbons (Fsp3) is 0.368. The summed E-state index contributed by atoms with van der Waals surface area (Å²) in [7, 11) is 0. The summed E-state index contributed by atoms with van der Waals surface area (Å²) in [6.07, 6.45) is 2.75. The molecule has 1 amide bonds. The van der Waals surface area contributed by atoms with Gasteiger partial charge in [-0.2, -0.15) is 0 Å². The molecule has 2 aromatic rings. The first-order valence-corrected chi connectivity index (χ1v) is 8.29. The maximum absolute atomic E-state index is 12.7. The van der Waals surface area contributed by atoms with E-state index in [-0.39, 0.29) is 17.7 Å². The van der Waals surface area contributed by atoms with E-state index in [1.165, 1.54) is 5.56 Å². The summed E-state index contributed by atoms with van der Waals surface area (Å²) in [5.74, 6) is 1.16. The Morgan fingerprint density at radius 3 is 2.75 bits per heavy atom. The number of nitrogens with zero attached hydrogens (tertiary/aromatic N) is 2. The Morgan fingerprint density at radius 2 is 2.08 bits per heavy atom. The van der Waals surface area contributed by atoms with Crippen molar-refractivity contribution in [1.82, 2.24) is 9.88 Å². The molecule has 1 aromatic carbocycles. The third-order valence-electron chi connectivity index (χ3n) is 4.58. The van der Waals surface area contributed by atoms with E-state index in [0.717, 1.165) is 0 Å². The van der Waals surface area contributed by atoms with Gasteiger partial charge < -0.3 is 15.4 Å². The zero-order valence-corrected chi connectivity index (χ0v) is 13.8. The predicted molar refractivity (Wildman–Crippen MR) is 92.6 cm³/mol. The average molecular weight is 325 g/mol. The lowest BCUT2D eigenvalue weighted by molar-refractivity contribution is -0.137. The monoisotopic (exact) mass is 325 g/mol. The van der Waals surface area contributed by atoms with Crippen LogP contribution in [-0.2, 0) is 4.79 Å². The lowest BCUT2D eigenvalue weighted by Gasteiger charge is -2.21. The zero-order chi connectivity index (χ0) is 16.9. The van der Waals surface area contributed by atoms with E-state index in [4.69, 9.17) is 10.5 Å². The van der Waals surface area contributed by atoms with Crippen molar-refractivity contribution in [3.8, 4) is 5.75 Å². The van der Waals surface area contributed by atoms with Gasteiger partial charge in [0.05, 0.1) is 6.20 Å². The largest absolute Gasteiger partial charge is 0.479 e. The van der Waals surface area contributed by atoms with Crippen LogP contribution in [0.4, 0.5) is 0 Å². The minimum atomic E-state index is -0.540. The van der Waals surface area contributed by atoms with Crippen LogP contribution in [0.1, 0.15) is 18.4 Å². The molecule has 1 aliphatic heterocycles. The number of pyridine rings is 1. The van der Waals surface area contributed by atoms with Gasteiger partial charge >= 0.3 is 0 Å². The summed E-state index contributed by atoms with van der Waals surface area (Å²) in [6.45, 7) is 3.71. The van der Waals surface area contributed by atoms with Crippen molar-refractivity contribution in [2.75, 3.05) is 19.6 Å². The van der Waals surface area contributed by atoms with Crippen molar-refractivity contribution in [2.45, 2.75) is 18.9 Å². The molecular formula is C19H23N3O2. The molecule has 2 N–H and O–H groups in total. The molecule has 0 saturated carbocycles. The second kappa shape index (κ2) is 7.45. The summed E-state index contributed by atoms with van der Waals surface area (Å²) in [4.78, 5) is 18.6. The van der Waals surface area contributed by atoms with E-state index in [1.807, 2.05) is 23.1 Å². The molecule has 0 bridgehead atoms. The van der Waals surface area contributed by atoms with Crippen LogP contribution in [0, 0.1) is 5.92 Å². The molecule has 3 atom stereocenters. The van der Waals surface area contributed by atoms with Crippen molar-refractivity contribution < 1.29 is 9.53 Å². The van der Waals surface area contributed by atoms with Crippen LogP contribution in [0.2, 0.25) is 0 Å². The second-order valence-corrected chi connectivity index (χ2v) is 6.20. The first-order valence-electron chi connectivity index (χ1n) is 8.29. The molecule has 5 nitrogen and oxygen atoms in total. The van der Waals surface area contributed by atoms with Gasteiger partial charge in [-0.25, -0.2) is 0 Å². The molecule has 0 spiro atoms. The van der Waals surface area contributed by atoms with Crippen LogP contribution >= 0.6 is 0 Å². The van der Waals surface area contributed by atoms with E-state index in [1.54, 1.807) is 31.5 Å². The number of nitrogens with two attached hydrogens (primary N) is 1. The number of hydrogen-bond acceptors (Lipinski definition) is 4. The second-order valence-electron chi connectivity index (χ2n) is 6.20. The van der Waals surface area contributed by atoms with Crippen LogP contribution in [0.3, 0.4) is 0 Å². The van der Waals surface area contributed by atoms with Crippen molar-refractivity contribution in [3.63, 3.8) is 0 Å². The Morgan fingerprint density at radius 1 is 1.29 bits per heavy atom. The number of carbonyl (C=O) groups is 1. The standard InChI is InChI=1S/C19H23N3O2/c1-14(24-17-8-5-9-21-11-17)19(23)22-12-16(10-20)18(13-22)15-6-3-2-4-7-15/h2-9,11,14,16,18H,10,12-13,20H2,1H3/t14?,16-,18+/m1/s1. The molecule has 126 valence electrons. The predicted octanol–water partition coefficient (Wildman–Crippen LogP) is 2.05. The molecule has 24 heavy (non-hydrogen) atoms. The normalized spacial score (nSPS) is 21.5. The third-order valence-corrected chi connectivity index (χ3v) is 4.58. The number of aromatic nitrogens is 1. The van der Waals surface area contributed by atoms with Crippen LogP contribution < -0.4 is 10.5 Å².